The topological polar surface area (TPSA) is 107 Å². The van der Waals surface area contributed by atoms with Gasteiger partial charge in [-0.25, -0.2) is 4.79 Å². The van der Waals surface area contributed by atoms with Gasteiger partial charge in [0.1, 0.15) is 5.70 Å². The van der Waals surface area contributed by atoms with E-state index in [1.807, 2.05) is 0 Å². The van der Waals surface area contributed by atoms with Gasteiger partial charge in [0.25, 0.3) is 11.8 Å². The van der Waals surface area contributed by atoms with Crippen LogP contribution in [0.4, 0.5) is 5.69 Å². The Labute approximate surface area is 134 Å². The third-order valence-electron chi connectivity index (χ3n) is 3.15. The summed E-state index contributed by atoms with van der Waals surface area (Å²) in [5.74, 6) is -2.18. The van der Waals surface area contributed by atoms with Gasteiger partial charge in [0.05, 0.1) is 24.4 Å². The number of aliphatic hydroxyl groups is 1. The lowest BCUT2D eigenvalue weighted by molar-refractivity contribution is -0.137. The molecule has 1 aliphatic rings. The summed E-state index contributed by atoms with van der Waals surface area (Å²) in [5, 5.41) is 20.7. The molecule has 0 aliphatic carbocycles. The van der Waals surface area contributed by atoms with Gasteiger partial charge in [-0.3, -0.25) is 14.5 Å². The van der Waals surface area contributed by atoms with Crippen molar-refractivity contribution in [1.82, 2.24) is 4.90 Å². The maximum absolute atomic E-state index is 12.0. The van der Waals surface area contributed by atoms with E-state index in [9.17, 15) is 14.4 Å². The van der Waals surface area contributed by atoms with Gasteiger partial charge in [-0.2, -0.15) is 0 Å². The number of carbonyl (C=O) groups is 3. The predicted octanol–water partition coefficient (Wildman–Crippen LogP) is 1.11. The maximum atomic E-state index is 12.0. The Morgan fingerprint density at radius 3 is 2.64 bits per heavy atom. The van der Waals surface area contributed by atoms with Crippen LogP contribution >= 0.6 is 15.9 Å². The number of hydrogen-bond donors (Lipinski definition) is 3. The molecule has 1 aromatic rings. The van der Waals surface area contributed by atoms with Crippen molar-refractivity contribution in [2.45, 2.75) is 6.92 Å². The number of aliphatic hydroxyl groups excluding tert-OH is 1. The van der Waals surface area contributed by atoms with Crippen molar-refractivity contribution in [3.8, 4) is 0 Å². The standard InChI is InChI=1S/C14H13BrN2O5/c1-7-4-9(15)10(5-8(7)14(21)22)16-11-6-12(19)17(2-3-18)13(11)20/h4-6,16,18H,2-3H2,1H3,(H,21,22). The number of anilines is 1. The number of β-amino-alcohol motifs (C(OH)–C–C–N with tert-alkyl or cyclic N) is 1. The number of carboxylic acid groups (broad SMARTS) is 1. The Balaban J connectivity index is 2.30. The van der Waals surface area contributed by atoms with E-state index in [1.54, 1.807) is 13.0 Å². The van der Waals surface area contributed by atoms with Crippen molar-refractivity contribution in [2.75, 3.05) is 18.5 Å². The van der Waals surface area contributed by atoms with Gasteiger partial charge in [0, 0.05) is 10.5 Å². The third kappa shape index (κ3) is 3.02. The van der Waals surface area contributed by atoms with Gasteiger partial charge in [-0.05, 0) is 40.5 Å². The van der Waals surface area contributed by atoms with Crippen LogP contribution in [0.15, 0.2) is 28.4 Å². The molecule has 1 heterocycles. The van der Waals surface area contributed by atoms with Crippen LogP contribution in [-0.2, 0) is 9.59 Å². The molecule has 0 atom stereocenters. The molecule has 0 aromatic heterocycles. The highest BCUT2D eigenvalue weighted by Gasteiger charge is 2.31. The Hall–Kier alpha value is -2.19. The van der Waals surface area contributed by atoms with E-state index in [0.29, 0.717) is 15.7 Å². The first kappa shape index (κ1) is 16.2. The van der Waals surface area contributed by atoms with E-state index in [2.05, 4.69) is 21.2 Å². The van der Waals surface area contributed by atoms with Gasteiger partial charge in [-0.15, -0.1) is 0 Å². The lowest BCUT2D eigenvalue weighted by Gasteiger charge is -2.14. The molecule has 0 spiro atoms. The van der Waals surface area contributed by atoms with Crippen molar-refractivity contribution < 1.29 is 24.6 Å². The second kappa shape index (κ2) is 6.29. The van der Waals surface area contributed by atoms with Crippen LogP contribution < -0.4 is 5.32 Å². The summed E-state index contributed by atoms with van der Waals surface area (Å²) >= 11 is 3.29. The Bertz CT molecular complexity index is 699. The Kier molecular flexibility index (Phi) is 4.62. The second-order valence-corrected chi connectivity index (χ2v) is 5.51. The van der Waals surface area contributed by atoms with Crippen LogP contribution in [0.1, 0.15) is 15.9 Å². The van der Waals surface area contributed by atoms with Gasteiger partial charge in [0.15, 0.2) is 0 Å². The molecule has 0 radical (unpaired) electrons. The van der Waals surface area contributed by atoms with E-state index >= 15 is 0 Å². The summed E-state index contributed by atoms with van der Waals surface area (Å²) < 4.78 is 0.566. The molecule has 0 saturated heterocycles. The molecule has 1 aromatic carbocycles. The fraction of sp³-hybridized carbons (Fsp3) is 0.214. The molecule has 0 unspecified atom stereocenters. The molecule has 22 heavy (non-hydrogen) atoms. The van der Waals surface area contributed by atoms with Crippen molar-refractivity contribution in [3.63, 3.8) is 0 Å². The predicted molar refractivity (Wildman–Crippen MR) is 81.3 cm³/mol. The summed E-state index contributed by atoms with van der Waals surface area (Å²) in [6, 6.07) is 2.99. The molecule has 0 saturated carbocycles. The maximum Gasteiger partial charge on any atom is 0.336 e. The molecule has 7 nitrogen and oxygen atoms in total. The lowest BCUT2D eigenvalue weighted by atomic mass is 10.1. The zero-order valence-corrected chi connectivity index (χ0v) is 13.2. The number of benzene rings is 1. The monoisotopic (exact) mass is 368 g/mol. The van der Waals surface area contributed by atoms with Crippen LogP contribution in [0.2, 0.25) is 0 Å². The van der Waals surface area contributed by atoms with E-state index in [0.717, 1.165) is 11.0 Å². The number of amides is 2. The third-order valence-corrected chi connectivity index (χ3v) is 3.80. The molecule has 0 bridgehead atoms. The summed E-state index contributed by atoms with van der Waals surface area (Å²) in [6.45, 7) is 1.25. The molecular weight excluding hydrogens is 356 g/mol. The average molecular weight is 369 g/mol. The summed E-state index contributed by atoms with van der Waals surface area (Å²) in [6.07, 6.45) is 1.12. The molecule has 2 rings (SSSR count). The highest BCUT2D eigenvalue weighted by molar-refractivity contribution is 9.10. The van der Waals surface area contributed by atoms with E-state index < -0.39 is 17.8 Å². The number of aromatic carboxylic acids is 1. The first-order chi connectivity index (χ1) is 10.3. The van der Waals surface area contributed by atoms with Crippen molar-refractivity contribution in [1.29, 1.82) is 0 Å². The lowest BCUT2D eigenvalue weighted by Crippen LogP contribution is -2.34. The molecule has 3 N–H and O–H groups in total. The van der Waals surface area contributed by atoms with Crippen LogP contribution in [-0.4, -0.2) is 46.0 Å². The molecule has 8 heteroatoms. The van der Waals surface area contributed by atoms with Crippen molar-refractivity contribution in [3.05, 3.63) is 39.5 Å². The number of aryl methyl sites for hydroxylation is 1. The zero-order chi connectivity index (χ0) is 16.4. The van der Waals surface area contributed by atoms with Crippen molar-refractivity contribution in [2.24, 2.45) is 0 Å². The van der Waals surface area contributed by atoms with Crippen LogP contribution in [0.25, 0.3) is 0 Å². The van der Waals surface area contributed by atoms with Crippen LogP contribution in [0.3, 0.4) is 0 Å². The smallest absolute Gasteiger partial charge is 0.336 e. The van der Waals surface area contributed by atoms with Crippen LogP contribution in [0, 0.1) is 6.92 Å². The van der Waals surface area contributed by atoms with Gasteiger partial charge >= 0.3 is 5.97 Å². The highest BCUT2D eigenvalue weighted by Crippen LogP contribution is 2.28. The van der Waals surface area contributed by atoms with E-state index in [1.165, 1.54) is 6.07 Å². The van der Waals surface area contributed by atoms with Gasteiger partial charge in [-0.1, -0.05) is 0 Å². The fourth-order valence-electron chi connectivity index (χ4n) is 2.05. The minimum atomic E-state index is -1.09. The summed E-state index contributed by atoms with van der Waals surface area (Å²) in [7, 11) is 0. The molecule has 2 amide bonds. The van der Waals surface area contributed by atoms with E-state index in [4.69, 9.17) is 10.2 Å². The minimum Gasteiger partial charge on any atom is -0.478 e. The number of carbonyl (C=O) groups excluding carboxylic acids is 2. The zero-order valence-electron chi connectivity index (χ0n) is 11.6. The largest absolute Gasteiger partial charge is 0.478 e. The molecule has 0 fully saturated rings. The molecule has 1 aliphatic heterocycles. The summed E-state index contributed by atoms with van der Waals surface area (Å²) in [5.41, 5.74) is 1.05. The number of imide groups is 1. The Morgan fingerprint density at radius 2 is 2.05 bits per heavy atom. The van der Waals surface area contributed by atoms with Crippen molar-refractivity contribution >= 4 is 39.4 Å². The number of nitrogens with one attached hydrogen (secondary N) is 1. The SMILES string of the molecule is Cc1cc(Br)c(NC2=CC(=O)N(CCO)C2=O)cc1C(=O)O. The second-order valence-electron chi connectivity index (χ2n) is 4.65. The number of nitrogens with zero attached hydrogens (tertiary/aromatic N) is 1. The molecular formula is C14H13BrN2O5. The van der Waals surface area contributed by atoms with Crippen LogP contribution in [0.5, 0.6) is 0 Å². The Morgan fingerprint density at radius 1 is 1.36 bits per heavy atom. The first-order valence-corrected chi connectivity index (χ1v) is 7.13. The van der Waals surface area contributed by atoms with E-state index in [-0.39, 0.29) is 24.4 Å². The van der Waals surface area contributed by atoms with Gasteiger partial charge < -0.3 is 15.5 Å². The summed E-state index contributed by atoms with van der Waals surface area (Å²) in [4.78, 5) is 35.8. The number of halogens is 1. The minimum absolute atomic E-state index is 0.0272. The highest BCUT2D eigenvalue weighted by atomic mass is 79.9. The quantitative estimate of drug-likeness (QED) is 0.672. The number of hydrogen-bond acceptors (Lipinski definition) is 5. The molecule has 116 valence electrons. The first-order valence-electron chi connectivity index (χ1n) is 6.34. The average Bonchev–Trinajstić information content (AvgIpc) is 2.69. The number of carboxylic acids is 1. The fourth-order valence-corrected chi connectivity index (χ4v) is 2.61. The normalized spacial score (nSPS) is 14.3. The number of rotatable bonds is 5. The van der Waals surface area contributed by atoms with Gasteiger partial charge in [0.2, 0.25) is 0 Å².